The van der Waals surface area contributed by atoms with E-state index in [9.17, 15) is 4.79 Å². The zero-order chi connectivity index (χ0) is 16.2. The molecule has 5 nitrogen and oxygen atoms in total. The predicted molar refractivity (Wildman–Crippen MR) is 93.5 cm³/mol. The van der Waals surface area contributed by atoms with Crippen molar-refractivity contribution in [3.8, 4) is 0 Å². The van der Waals surface area contributed by atoms with Crippen molar-refractivity contribution in [3.05, 3.63) is 52.3 Å². The van der Waals surface area contributed by atoms with Gasteiger partial charge in [-0.1, -0.05) is 18.2 Å². The van der Waals surface area contributed by atoms with Crippen LogP contribution in [-0.2, 0) is 0 Å². The van der Waals surface area contributed by atoms with Crippen molar-refractivity contribution in [1.82, 2.24) is 14.9 Å². The number of aryl methyl sites for hydroxylation is 1. The minimum atomic E-state index is 0.115. The van der Waals surface area contributed by atoms with Gasteiger partial charge in [0.25, 0.3) is 5.91 Å². The Morgan fingerprint density at radius 2 is 2.09 bits per heavy atom. The van der Waals surface area contributed by atoms with E-state index in [2.05, 4.69) is 31.2 Å². The molecule has 1 amide bonds. The summed E-state index contributed by atoms with van der Waals surface area (Å²) in [4.78, 5) is 23.2. The maximum Gasteiger partial charge on any atom is 0.254 e. The number of anilines is 1. The second kappa shape index (κ2) is 7.08. The van der Waals surface area contributed by atoms with Crippen molar-refractivity contribution in [2.45, 2.75) is 25.8 Å². The highest BCUT2D eigenvalue weighted by molar-refractivity contribution is 9.10. The SMILES string of the molecule is Cc1ccccc1C(=O)N1CCC[C@H]1CNc1ncc(Br)cn1. The Morgan fingerprint density at radius 3 is 2.83 bits per heavy atom. The molecule has 0 unspecified atom stereocenters. The summed E-state index contributed by atoms with van der Waals surface area (Å²) in [6.07, 6.45) is 5.45. The summed E-state index contributed by atoms with van der Waals surface area (Å²) in [6.45, 7) is 3.45. The molecule has 1 fully saturated rings. The number of amides is 1. The number of nitrogens with zero attached hydrogens (tertiary/aromatic N) is 3. The zero-order valence-corrected chi connectivity index (χ0v) is 14.6. The number of benzene rings is 1. The summed E-state index contributed by atoms with van der Waals surface area (Å²) in [6, 6.07) is 7.93. The van der Waals surface area contributed by atoms with Gasteiger partial charge >= 0.3 is 0 Å². The minimum absolute atomic E-state index is 0.115. The molecule has 6 heteroatoms. The number of halogens is 1. The van der Waals surface area contributed by atoms with E-state index in [1.165, 1.54) is 0 Å². The van der Waals surface area contributed by atoms with Crippen molar-refractivity contribution in [2.24, 2.45) is 0 Å². The van der Waals surface area contributed by atoms with Crippen LogP contribution in [0.4, 0.5) is 5.95 Å². The first-order valence-corrected chi connectivity index (χ1v) is 8.52. The quantitative estimate of drug-likeness (QED) is 0.891. The van der Waals surface area contributed by atoms with Gasteiger partial charge in [-0.3, -0.25) is 4.79 Å². The largest absolute Gasteiger partial charge is 0.352 e. The summed E-state index contributed by atoms with van der Waals surface area (Å²) in [5, 5.41) is 3.23. The maximum absolute atomic E-state index is 12.8. The number of carbonyl (C=O) groups excluding carboxylic acids is 1. The average molecular weight is 375 g/mol. The maximum atomic E-state index is 12.8. The lowest BCUT2D eigenvalue weighted by molar-refractivity contribution is 0.0743. The van der Waals surface area contributed by atoms with Gasteiger partial charge in [-0.15, -0.1) is 0 Å². The van der Waals surface area contributed by atoms with E-state index >= 15 is 0 Å². The summed E-state index contributed by atoms with van der Waals surface area (Å²) in [5.41, 5.74) is 1.81. The molecule has 1 aliphatic heterocycles. The smallest absolute Gasteiger partial charge is 0.254 e. The van der Waals surface area contributed by atoms with Gasteiger partial charge in [0.1, 0.15) is 0 Å². The van der Waals surface area contributed by atoms with E-state index in [4.69, 9.17) is 0 Å². The van der Waals surface area contributed by atoms with Gasteiger partial charge in [0.05, 0.1) is 4.47 Å². The van der Waals surface area contributed by atoms with E-state index in [0.29, 0.717) is 12.5 Å². The molecule has 0 spiro atoms. The Morgan fingerprint density at radius 1 is 1.35 bits per heavy atom. The first kappa shape index (κ1) is 15.9. The van der Waals surface area contributed by atoms with Gasteiger partial charge in [0, 0.05) is 37.1 Å². The van der Waals surface area contributed by atoms with E-state index in [1.807, 2.05) is 36.1 Å². The number of aromatic nitrogens is 2. The van der Waals surface area contributed by atoms with Crippen LogP contribution in [0, 0.1) is 6.92 Å². The lowest BCUT2D eigenvalue weighted by Crippen LogP contribution is -2.40. The molecular weight excluding hydrogens is 356 g/mol. The van der Waals surface area contributed by atoms with Gasteiger partial charge in [-0.05, 0) is 47.3 Å². The molecule has 1 atom stereocenters. The standard InChI is InChI=1S/C17H19BrN4O/c1-12-5-2-3-7-15(12)16(23)22-8-4-6-14(22)11-21-17-19-9-13(18)10-20-17/h2-3,5,7,9-10,14H,4,6,8,11H2,1H3,(H,19,20,21)/t14-/m0/s1. The van der Waals surface area contributed by atoms with Crippen molar-refractivity contribution < 1.29 is 4.79 Å². The fourth-order valence-electron chi connectivity index (χ4n) is 2.90. The molecule has 1 aliphatic rings. The molecule has 0 aliphatic carbocycles. The van der Waals surface area contributed by atoms with Gasteiger partial charge in [-0.2, -0.15) is 0 Å². The molecule has 1 saturated heterocycles. The van der Waals surface area contributed by atoms with Crippen molar-refractivity contribution in [2.75, 3.05) is 18.4 Å². The normalized spacial score (nSPS) is 17.3. The lowest BCUT2D eigenvalue weighted by Gasteiger charge is -2.25. The Hall–Kier alpha value is -1.95. The van der Waals surface area contributed by atoms with Gasteiger partial charge in [0.15, 0.2) is 0 Å². The van der Waals surface area contributed by atoms with Crippen LogP contribution in [-0.4, -0.2) is 39.9 Å². The topological polar surface area (TPSA) is 58.1 Å². The Kier molecular flexibility index (Phi) is 4.91. The first-order chi connectivity index (χ1) is 11.1. The number of carbonyl (C=O) groups is 1. The van der Waals surface area contributed by atoms with Crippen LogP contribution in [0.2, 0.25) is 0 Å². The van der Waals surface area contributed by atoms with Crippen molar-refractivity contribution in [3.63, 3.8) is 0 Å². The van der Waals surface area contributed by atoms with E-state index in [1.54, 1.807) is 12.4 Å². The van der Waals surface area contributed by atoms with Gasteiger partial charge in [-0.25, -0.2) is 9.97 Å². The summed E-state index contributed by atoms with van der Waals surface area (Å²) in [5.74, 6) is 0.701. The molecule has 0 bridgehead atoms. The number of likely N-dealkylation sites (tertiary alicyclic amines) is 1. The molecule has 0 saturated carbocycles. The summed E-state index contributed by atoms with van der Waals surface area (Å²) in [7, 11) is 0. The highest BCUT2D eigenvalue weighted by Gasteiger charge is 2.29. The molecule has 0 radical (unpaired) electrons. The number of hydrogen-bond acceptors (Lipinski definition) is 4. The summed E-state index contributed by atoms with van der Waals surface area (Å²) < 4.78 is 0.847. The lowest BCUT2D eigenvalue weighted by atomic mass is 10.1. The van der Waals surface area contributed by atoms with E-state index in [0.717, 1.165) is 35.0 Å². The summed E-state index contributed by atoms with van der Waals surface area (Å²) >= 11 is 3.32. The predicted octanol–water partition coefficient (Wildman–Crippen LogP) is 3.26. The van der Waals surface area contributed by atoms with Crippen LogP contribution in [0.5, 0.6) is 0 Å². The number of nitrogens with one attached hydrogen (secondary N) is 1. The molecule has 23 heavy (non-hydrogen) atoms. The highest BCUT2D eigenvalue weighted by Crippen LogP contribution is 2.22. The fraction of sp³-hybridized carbons (Fsp3) is 0.353. The first-order valence-electron chi connectivity index (χ1n) is 7.73. The number of rotatable bonds is 4. The van der Waals surface area contributed by atoms with Crippen LogP contribution in [0.25, 0.3) is 0 Å². The minimum Gasteiger partial charge on any atom is -0.352 e. The molecule has 120 valence electrons. The Balaban J connectivity index is 1.67. The van der Waals surface area contributed by atoms with Crippen LogP contribution in [0.3, 0.4) is 0 Å². The molecule has 1 aromatic heterocycles. The third kappa shape index (κ3) is 3.69. The molecule has 1 aromatic carbocycles. The van der Waals surface area contributed by atoms with E-state index < -0.39 is 0 Å². The third-order valence-corrected chi connectivity index (χ3v) is 4.54. The Bertz CT molecular complexity index is 689. The van der Waals surface area contributed by atoms with Crippen LogP contribution < -0.4 is 5.32 Å². The fourth-order valence-corrected chi connectivity index (χ4v) is 3.10. The van der Waals surface area contributed by atoms with Crippen molar-refractivity contribution >= 4 is 27.8 Å². The molecular formula is C17H19BrN4O. The second-order valence-corrected chi connectivity index (χ2v) is 6.63. The molecule has 3 rings (SSSR count). The average Bonchev–Trinajstić information content (AvgIpc) is 3.03. The number of hydrogen-bond donors (Lipinski definition) is 1. The van der Waals surface area contributed by atoms with Crippen LogP contribution in [0.15, 0.2) is 41.1 Å². The highest BCUT2D eigenvalue weighted by atomic mass is 79.9. The zero-order valence-electron chi connectivity index (χ0n) is 13.0. The molecule has 2 aromatic rings. The Labute approximate surface area is 144 Å². The monoisotopic (exact) mass is 374 g/mol. The van der Waals surface area contributed by atoms with E-state index in [-0.39, 0.29) is 11.9 Å². The van der Waals surface area contributed by atoms with Gasteiger partial charge < -0.3 is 10.2 Å². The van der Waals surface area contributed by atoms with Crippen molar-refractivity contribution in [1.29, 1.82) is 0 Å². The molecule has 1 N–H and O–H groups in total. The van der Waals surface area contributed by atoms with Gasteiger partial charge in [0.2, 0.25) is 5.95 Å². The van der Waals surface area contributed by atoms with Crippen LogP contribution in [0.1, 0.15) is 28.8 Å². The molecule has 2 heterocycles. The third-order valence-electron chi connectivity index (χ3n) is 4.13. The van der Waals surface area contributed by atoms with Crippen LogP contribution >= 0.6 is 15.9 Å². The second-order valence-electron chi connectivity index (χ2n) is 5.72.